The van der Waals surface area contributed by atoms with Gasteiger partial charge in [-0.1, -0.05) is 6.07 Å². The quantitative estimate of drug-likeness (QED) is 0.517. The van der Waals surface area contributed by atoms with Crippen LogP contribution in [0, 0.1) is 13.8 Å². The number of thioether (sulfide) groups is 1. The Morgan fingerprint density at radius 2 is 1.50 bits per heavy atom. The summed E-state index contributed by atoms with van der Waals surface area (Å²) >= 11 is 1.60. The fourth-order valence-corrected chi connectivity index (χ4v) is 1.97. The Morgan fingerprint density at radius 1 is 1.08 bits per heavy atom. The molecule has 0 saturated carbocycles. The molecular weight excluding hydrogens is 168 g/mol. The molecule has 4 N–H and O–H groups in total. The van der Waals surface area contributed by atoms with Gasteiger partial charge in [0.2, 0.25) is 0 Å². The first kappa shape index (κ1) is 9.26. The highest BCUT2D eigenvalue weighted by Crippen LogP contribution is 2.33. The Morgan fingerprint density at radius 3 is 1.83 bits per heavy atom. The molecule has 0 bridgehead atoms. The lowest BCUT2D eigenvalue weighted by Gasteiger charge is -2.11. The van der Waals surface area contributed by atoms with Crippen molar-refractivity contribution in [1.29, 1.82) is 0 Å². The van der Waals surface area contributed by atoms with E-state index in [0.29, 0.717) is 0 Å². The first-order valence-electron chi connectivity index (χ1n) is 3.77. The second-order valence-electron chi connectivity index (χ2n) is 2.87. The summed E-state index contributed by atoms with van der Waals surface area (Å²) in [6.07, 6.45) is 1.99. The van der Waals surface area contributed by atoms with E-state index in [1.807, 2.05) is 26.2 Å². The second kappa shape index (κ2) is 3.27. The minimum absolute atomic E-state index is 0.811. The third-order valence-electron chi connectivity index (χ3n) is 1.98. The second-order valence-corrected chi connectivity index (χ2v) is 3.69. The molecule has 1 aromatic rings. The molecule has 0 aliphatic rings. The summed E-state index contributed by atoms with van der Waals surface area (Å²) in [5.74, 6) is 0. The van der Waals surface area contributed by atoms with Gasteiger partial charge in [0.15, 0.2) is 0 Å². The third-order valence-corrected chi connectivity index (χ3v) is 2.82. The highest BCUT2D eigenvalue weighted by atomic mass is 32.2. The number of anilines is 2. The van der Waals surface area contributed by atoms with Crippen molar-refractivity contribution in [3.63, 3.8) is 0 Å². The van der Waals surface area contributed by atoms with Gasteiger partial charge in [-0.05, 0) is 31.2 Å². The molecule has 66 valence electrons. The van der Waals surface area contributed by atoms with Crippen LogP contribution in [0.25, 0.3) is 0 Å². The predicted molar refractivity (Wildman–Crippen MR) is 56.5 cm³/mol. The Bertz CT molecular complexity index is 282. The molecule has 12 heavy (non-hydrogen) atoms. The lowest BCUT2D eigenvalue weighted by molar-refractivity contribution is 1.31. The third kappa shape index (κ3) is 1.37. The zero-order chi connectivity index (χ0) is 9.30. The summed E-state index contributed by atoms with van der Waals surface area (Å²) in [7, 11) is 0. The molecule has 0 spiro atoms. The molecule has 0 atom stereocenters. The van der Waals surface area contributed by atoms with Gasteiger partial charge in [0.1, 0.15) is 0 Å². The van der Waals surface area contributed by atoms with Gasteiger partial charge in [-0.15, -0.1) is 11.8 Å². The van der Waals surface area contributed by atoms with Crippen LogP contribution in [0.3, 0.4) is 0 Å². The van der Waals surface area contributed by atoms with Crippen LogP contribution in [-0.4, -0.2) is 6.26 Å². The lowest BCUT2D eigenvalue weighted by atomic mass is 10.1. The summed E-state index contributed by atoms with van der Waals surface area (Å²) in [5, 5.41) is 0. The van der Waals surface area contributed by atoms with E-state index in [1.54, 1.807) is 11.8 Å². The molecule has 0 fully saturated rings. The monoisotopic (exact) mass is 182 g/mol. The standard InChI is InChI=1S/C9H14N2S/c1-5-4-6(2)8(11)9(12-3)7(5)10/h4H,10-11H2,1-3H3. The number of hydrogen-bond donors (Lipinski definition) is 2. The van der Waals surface area contributed by atoms with Crippen LogP contribution in [0.2, 0.25) is 0 Å². The van der Waals surface area contributed by atoms with Gasteiger partial charge < -0.3 is 11.5 Å². The SMILES string of the molecule is CSc1c(N)c(C)cc(C)c1N. The maximum absolute atomic E-state index is 5.86. The molecule has 0 aliphatic heterocycles. The fraction of sp³-hybridized carbons (Fsp3) is 0.333. The minimum atomic E-state index is 0.811. The van der Waals surface area contributed by atoms with E-state index in [2.05, 4.69) is 0 Å². The number of nitrogens with two attached hydrogens (primary N) is 2. The molecule has 0 amide bonds. The molecule has 0 heterocycles. The summed E-state index contributed by atoms with van der Waals surface area (Å²) in [5.41, 5.74) is 15.6. The number of rotatable bonds is 1. The van der Waals surface area contributed by atoms with E-state index >= 15 is 0 Å². The van der Waals surface area contributed by atoms with Gasteiger partial charge >= 0.3 is 0 Å². The van der Waals surface area contributed by atoms with Crippen LogP contribution in [0.15, 0.2) is 11.0 Å². The molecule has 0 unspecified atom stereocenters. The van der Waals surface area contributed by atoms with Crippen molar-refractivity contribution in [2.24, 2.45) is 0 Å². The largest absolute Gasteiger partial charge is 0.398 e. The highest BCUT2D eigenvalue weighted by molar-refractivity contribution is 7.99. The average Bonchev–Trinajstić information content (AvgIpc) is 2.02. The van der Waals surface area contributed by atoms with Crippen molar-refractivity contribution in [2.75, 3.05) is 17.7 Å². The van der Waals surface area contributed by atoms with Crippen LogP contribution >= 0.6 is 11.8 Å². The molecule has 3 heteroatoms. The van der Waals surface area contributed by atoms with Gasteiger partial charge in [-0.3, -0.25) is 0 Å². The van der Waals surface area contributed by atoms with Gasteiger partial charge in [-0.2, -0.15) is 0 Å². The number of nitrogen functional groups attached to an aromatic ring is 2. The molecule has 2 nitrogen and oxygen atoms in total. The maximum Gasteiger partial charge on any atom is 0.0535 e. The topological polar surface area (TPSA) is 52.0 Å². The van der Waals surface area contributed by atoms with E-state index in [4.69, 9.17) is 11.5 Å². The smallest absolute Gasteiger partial charge is 0.0535 e. The maximum atomic E-state index is 5.86. The summed E-state index contributed by atoms with van der Waals surface area (Å²) < 4.78 is 0. The van der Waals surface area contributed by atoms with Crippen molar-refractivity contribution in [2.45, 2.75) is 18.7 Å². The molecule has 1 rings (SSSR count). The minimum Gasteiger partial charge on any atom is -0.398 e. The zero-order valence-electron chi connectivity index (χ0n) is 7.64. The first-order valence-corrected chi connectivity index (χ1v) is 4.99. The van der Waals surface area contributed by atoms with Gasteiger partial charge in [0.05, 0.1) is 16.3 Å². The Labute approximate surface area is 77.3 Å². The van der Waals surface area contributed by atoms with Crippen molar-refractivity contribution in [3.05, 3.63) is 17.2 Å². The van der Waals surface area contributed by atoms with E-state index in [0.717, 1.165) is 27.4 Å². The van der Waals surface area contributed by atoms with Crippen molar-refractivity contribution >= 4 is 23.1 Å². The van der Waals surface area contributed by atoms with Crippen molar-refractivity contribution in [1.82, 2.24) is 0 Å². The first-order chi connectivity index (χ1) is 5.57. The van der Waals surface area contributed by atoms with E-state index in [9.17, 15) is 0 Å². The summed E-state index contributed by atoms with van der Waals surface area (Å²) in [6.45, 7) is 4.00. The Balaban J connectivity index is 3.42. The average molecular weight is 182 g/mol. The fourth-order valence-electron chi connectivity index (χ4n) is 1.20. The lowest BCUT2D eigenvalue weighted by Crippen LogP contribution is -2.00. The molecular formula is C9H14N2S. The summed E-state index contributed by atoms with van der Waals surface area (Å²) in [6, 6.07) is 2.02. The molecule has 0 saturated heterocycles. The van der Waals surface area contributed by atoms with Crippen molar-refractivity contribution in [3.8, 4) is 0 Å². The predicted octanol–water partition coefficient (Wildman–Crippen LogP) is 2.19. The van der Waals surface area contributed by atoms with Crippen LogP contribution in [-0.2, 0) is 0 Å². The molecule has 0 aliphatic carbocycles. The van der Waals surface area contributed by atoms with Gasteiger partial charge in [-0.25, -0.2) is 0 Å². The molecule has 1 aromatic carbocycles. The van der Waals surface area contributed by atoms with Crippen LogP contribution < -0.4 is 11.5 Å². The number of aryl methyl sites for hydroxylation is 2. The van der Waals surface area contributed by atoms with Crippen LogP contribution in [0.4, 0.5) is 11.4 Å². The van der Waals surface area contributed by atoms with Gasteiger partial charge in [0, 0.05) is 0 Å². The normalized spacial score (nSPS) is 10.2. The zero-order valence-corrected chi connectivity index (χ0v) is 8.46. The number of hydrogen-bond acceptors (Lipinski definition) is 3. The van der Waals surface area contributed by atoms with Crippen LogP contribution in [0.1, 0.15) is 11.1 Å². The number of benzene rings is 1. The van der Waals surface area contributed by atoms with Crippen molar-refractivity contribution < 1.29 is 0 Å². The summed E-state index contributed by atoms with van der Waals surface area (Å²) in [4.78, 5) is 1.01. The molecule has 0 radical (unpaired) electrons. The van der Waals surface area contributed by atoms with E-state index < -0.39 is 0 Å². The molecule has 0 aromatic heterocycles. The Kier molecular flexibility index (Phi) is 2.52. The Hall–Kier alpha value is -0.830. The highest BCUT2D eigenvalue weighted by Gasteiger charge is 2.07. The van der Waals surface area contributed by atoms with E-state index in [1.165, 1.54) is 0 Å². The van der Waals surface area contributed by atoms with Crippen LogP contribution in [0.5, 0.6) is 0 Å². The van der Waals surface area contributed by atoms with Gasteiger partial charge in [0.25, 0.3) is 0 Å². The van der Waals surface area contributed by atoms with E-state index in [-0.39, 0.29) is 0 Å².